The maximum Gasteiger partial charge on any atom is 0.344 e. The van der Waals surface area contributed by atoms with Gasteiger partial charge in [-0.2, -0.15) is 10.3 Å². The average Bonchev–Trinajstić information content (AvgIpc) is 3.11. The maximum atomic E-state index is 11.5. The van der Waals surface area contributed by atoms with E-state index in [0.29, 0.717) is 25.4 Å². The van der Waals surface area contributed by atoms with Crippen LogP contribution in [0.5, 0.6) is 5.75 Å². The minimum atomic E-state index is -0.500. The molecule has 3 aromatic rings. The third kappa shape index (κ3) is 3.91. The summed E-state index contributed by atoms with van der Waals surface area (Å²) in [6.07, 6.45) is 2.54. The number of unbranched alkanes of at least 4 members (excludes halogenated alkanes) is 1. The third-order valence-electron chi connectivity index (χ3n) is 3.27. The smallest absolute Gasteiger partial charge is 0.344 e. The number of hydrogen-bond donors (Lipinski definition) is 2. The third-order valence-corrected chi connectivity index (χ3v) is 3.27. The minimum Gasteiger partial charge on any atom is -0.494 e. The summed E-state index contributed by atoms with van der Waals surface area (Å²) in [5, 5.41) is 17.5. The molecule has 0 atom stereocenters. The van der Waals surface area contributed by atoms with Crippen molar-refractivity contribution >= 4 is 0 Å². The molecule has 10 nitrogen and oxygen atoms in total. The fraction of sp³-hybridized carbons (Fsp3) is 0.286. The standard InChI is InChI=1S/C14H15N7O3/c22-12-9-15-21(14(23)16-12)7-1-2-8-24-11-5-3-10(4-6-11)13-17-19-20-18-13/h3-6,9H,1-2,7-8H2,(H,16,22,23)(H,17,18,19,20). The number of aromatic amines is 2. The number of H-pyrrole nitrogens is 2. The highest BCUT2D eigenvalue weighted by Gasteiger charge is 2.03. The molecular formula is C14H15N7O3. The number of nitrogens with one attached hydrogen (secondary N) is 2. The van der Waals surface area contributed by atoms with Crippen LogP contribution >= 0.6 is 0 Å². The first-order valence-electron chi connectivity index (χ1n) is 7.35. The highest BCUT2D eigenvalue weighted by molar-refractivity contribution is 5.54. The molecule has 0 saturated heterocycles. The van der Waals surface area contributed by atoms with Gasteiger partial charge in [-0.25, -0.2) is 9.48 Å². The summed E-state index contributed by atoms with van der Waals surface area (Å²) in [5.74, 6) is 1.27. The number of rotatable bonds is 7. The normalized spacial score (nSPS) is 10.7. The minimum absolute atomic E-state index is 0.426. The molecule has 0 spiro atoms. The highest BCUT2D eigenvalue weighted by atomic mass is 16.5. The molecule has 0 radical (unpaired) electrons. The highest BCUT2D eigenvalue weighted by Crippen LogP contribution is 2.18. The predicted octanol–water partition coefficient (Wildman–Crippen LogP) is -0.0291. The van der Waals surface area contributed by atoms with Crippen molar-refractivity contribution in [2.24, 2.45) is 0 Å². The van der Waals surface area contributed by atoms with Crippen molar-refractivity contribution in [3.8, 4) is 17.1 Å². The maximum absolute atomic E-state index is 11.5. The number of hydrogen-bond acceptors (Lipinski definition) is 7. The van der Waals surface area contributed by atoms with E-state index in [1.54, 1.807) is 0 Å². The van der Waals surface area contributed by atoms with E-state index in [1.165, 1.54) is 4.68 Å². The number of tetrazole rings is 1. The molecule has 0 unspecified atom stereocenters. The van der Waals surface area contributed by atoms with Crippen molar-refractivity contribution in [3.05, 3.63) is 51.3 Å². The Kier molecular flexibility index (Phi) is 4.75. The number of aromatic nitrogens is 7. The Morgan fingerprint density at radius 2 is 1.96 bits per heavy atom. The monoisotopic (exact) mass is 329 g/mol. The largest absolute Gasteiger partial charge is 0.494 e. The Hall–Kier alpha value is -3.30. The van der Waals surface area contributed by atoms with Crippen LogP contribution in [0, 0.1) is 0 Å². The van der Waals surface area contributed by atoms with Crippen LogP contribution in [-0.2, 0) is 6.54 Å². The van der Waals surface area contributed by atoms with E-state index in [-0.39, 0.29) is 0 Å². The van der Waals surface area contributed by atoms with Crippen molar-refractivity contribution < 1.29 is 4.74 Å². The van der Waals surface area contributed by atoms with Gasteiger partial charge >= 0.3 is 5.69 Å². The van der Waals surface area contributed by atoms with Gasteiger partial charge in [-0.15, -0.1) is 10.2 Å². The van der Waals surface area contributed by atoms with Crippen LogP contribution in [0.1, 0.15) is 12.8 Å². The number of benzene rings is 1. The Bertz CT molecular complexity index is 884. The fourth-order valence-corrected chi connectivity index (χ4v) is 2.07. The van der Waals surface area contributed by atoms with Crippen molar-refractivity contribution in [1.29, 1.82) is 0 Å². The van der Waals surface area contributed by atoms with Crippen molar-refractivity contribution in [3.63, 3.8) is 0 Å². The molecular weight excluding hydrogens is 314 g/mol. The van der Waals surface area contributed by atoms with E-state index >= 15 is 0 Å². The molecule has 2 heterocycles. The van der Waals surface area contributed by atoms with Gasteiger partial charge in [-0.05, 0) is 42.3 Å². The Morgan fingerprint density at radius 1 is 1.12 bits per heavy atom. The van der Waals surface area contributed by atoms with E-state index in [4.69, 9.17) is 4.74 Å². The van der Waals surface area contributed by atoms with Gasteiger partial charge in [0.15, 0.2) is 0 Å². The van der Waals surface area contributed by atoms with Crippen LogP contribution in [-0.4, -0.2) is 42.0 Å². The number of aryl methyl sites for hydroxylation is 1. The summed E-state index contributed by atoms with van der Waals surface area (Å²) in [6, 6.07) is 7.37. The second-order valence-electron chi connectivity index (χ2n) is 4.98. The molecule has 1 aromatic carbocycles. The Morgan fingerprint density at radius 3 is 2.67 bits per heavy atom. The summed E-state index contributed by atoms with van der Waals surface area (Å²) in [6.45, 7) is 0.940. The van der Waals surface area contributed by atoms with Crippen LogP contribution in [0.3, 0.4) is 0 Å². The summed E-state index contributed by atoms with van der Waals surface area (Å²) < 4.78 is 6.86. The summed E-state index contributed by atoms with van der Waals surface area (Å²) in [5.41, 5.74) is -0.149. The van der Waals surface area contributed by atoms with Crippen LogP contribution in [0.25, 0.3) is 11.4 Å². The second kappa shape index (κ2) is 7.31. The lowest BCUT2D eigenvalue weighted by Crippen LogP contribution is -2.31. The lowest BCUT2D eigenvalue weighted by molar-refractivity contribution is 0.301. The zero-order valence-corrected chi connectivity index (χ0v) is 12.7. The van der Waals surface area contributed by atoms with Crippen molar-refractivity contribution in [2.45, 2.75) is 19.4 Å². The molecule has 0 amide bonds. The molecule has 0 saturated carbocycles. The zero-order chi connectivity index (χ0) is 16.8. The molecule has 124 valence electrons. The quantitative estimate of drug-likeness (QED) is 0.582. The molecule has 0 aliphatic rings. The molecule has 0 aliphatic carbocycles. The van der Waals surface area contributed by atoms with Gasteiger partial charge in [-0.3, -0.25) is 9.78 Å². The van der Waals surface area contributed by atoms with E-state index in [1.807, 2.05) is 24.3 Å². The summed E-state index contributed by atoms with van der Waals surface area (Å²) in [4.78, 5) is 24.5. The predicted molar refractivity (Wildman–Crippen MR) is 83.5 cm³/mol. The van der Waals surface area contributed by atoms with Gasteiger partial charge in [0.05, 0.1) is 6.61 Å². The van der Waals surface area contributed by atoms with Gasteiger partial charge in [0, 0.05) is 12.1 Å². The summed E-state index contributed by atoms with van der Waals surface area (Å²) in [7, 11) is 0. The van der Waals surface area contributed by atoms with E-state index in [0.717, 1.165) is 23.9 Å². The molecule has 10 heteroatoms. The van der Waals surface area contributed by atoms with E-state index in [9.17, 15) is 9.59 Å². The fourth-order valence-electron chi connectivity index (χ4n) is 2.07. The topological polar surface area (TPSA) is 131 Å². The summed E-state index contributed by atoms with van der Waals surface area (Å²) >= 11 is 0. The van der Waals surface area contributed by atoms with Gasteiger partial charge in [0.1, 0.15) is 11.9 Å². The molecule has 0 fully saturated rings. The molecule has 0 bridgehead atoms. The number of ether oxygens (including phenoxy) is 1. The lowest BCUT2D eigenvalue weighted by Gasteiger charge is -2.07. The zero-order valence-electron chi connectivity index (χ0n) is 12.7. The molecule has 24 heavy (non-hydrogen) atoms. The Balaban J connectivity index is 1.43. The van der Waals surface area contributed by atoms with Gasteiger partial charge in [0.25, 0.3) is 5.56 Å². The van der Waals surface area contributed by atoms with E-state index < -0.39 is 11.2 Å². The van der Waals surface area contributed by atoms with Gasteiger partial charge in [0.2, 0.25) is 5.82 Å². The molecule has 2 N–H and O–H groups in total. The molecule has 2 aromatic heterocycles. The first kappa shape index (κ1) is 15.6. The average molecular weight is 329 g/mol. The van der Waals surface area contributed by atoms with Crippen LogP contribution in [0.4, 0.5) is 0 Å². The van der Waals surface area contributed by atoms with E-state index in [2.05, 4.69) is 30.7 Å². The first-order valence-corrected chi connectivity index (χ1v) is 7.35. The van der Waals surface area contributed by atoms with Crippen molar-refractivity contribution in [1.82, 2.24) is 35.4 Å². The number of nitrogens with zero attached hydrogens (tertiary/aromatic N) is 5. The van der Waals surface area contributed by atoms with Crippen LogP contribution < -0.4 is 16.0 Å². The second-order valence-corrected chi connectivity index (χ2v) is 4.98. The van der Waals surface area contributed by atoms with Gasteiger partial charge in [-0.1, -0.05) is 0 Å². The lowest BCUT2D eigenvalue weighted by atomic mass is 10.2. The SMILES string of the molecule is O=c1cnn(CCCCOc2ccc(-c3nn[nH]n3)cc2)c(=O)[nH]1. The van der Waals surface area contributed by atoms with Crippen LogP contribution in [0.2, 0.25) is 0 Å². The van der Waals surface area contributed by atoms with Crippen LogP contribution in [0.15, 0.2) is 40.1 Å². The van der Waals surface area contributed by atoms with Gasteiger partial charge < -0.3 is 4.74 Å². The van der Waals surface area contributed by atoms with Crippen molar-refractivity contribution in [2.75, 3.05) is 6.61 Å². The Labute approximate surface area is 135 Å². The molecule has 3 rings (SSSR count). The first-order chi connectivity index (χ1) is 11.7. The molecule has 0 aliphatic heterocycles.